The van der Waals surface area contributed by atoms with E-state index in [1.54, 1.807) is 18.2 Å². The molecule has 2 aromatic carbocycles. The highest BCUT2D eigenvalue weighted by molar-refractivity contribution is 9.10. The standard InChI is InChI=1S/C16H12BrCl2N5/c17-10-3-1-2-4-13(10)24-16-14(20)15(21-8-22-16)23-9-5-6-11(18)12(19)7-9/h1-8H,20H2,(H2,21,22,23,24). The van der Waals surface area contributed by atoms with Crippen LogP contribution in [0.3, 0.4) is 0 Å². The second-order valence-corrected chi connectivity index (χ2v) is 6.51. The SMILES string of the molecule is Nc1c(Nc2ccc(Cl)c(Cl)c2)ncnc1Nc1ccccc1Br. The Balaban J connectivity index is 1.88. The van der Waals surface area contributed by atoms with Gasteiger partial charge in [-0.05, 0) is 46.3 Å². The van der Waals surface area contributed by atoms with Crippen molar-refractivity contribution in [2.75, 3.05) is 16.4 Å². The molecule has 4 N–H and O–H groups in total. The largest absolute Gasteiger partial charge is 0.393 e. The number of hydrogen-bond donors (Lipinski definition) is 3. The summed E-state index contributed by atoms with van der Waals surface area (Å²) in [4.78, 5) is 8.37. The topological polar surface area (TPSA) is 75.9 Å². The Hall–Kier alpha value is -2.02. The molecule has 0 bridgehead atoms. The van der Waals surface area contributed by atoms with Gasteiger partial charge in [-0.2, -0.15) is 0 Å². The fourth-order valence-corrected chi connectivity index (χ4v) is 2.68. The molecule has 3 rings (SSSR count). The van der Waals surface area contributed by atoms with Crippen LogP contribution in [0.2, 0.25) is 10.0 Å². The van der Waals surface area contributed by atoms with Crippen LogP contribution >= 0.6 is 39.1 Å². The molecule has 5 nitrogen and oxygen atoms in total. The number of hydrogen-bond acceptors (Lipinski definition) is 5. The minimum Gasteiger partial charge on any atom is -0.393 e. The van der Waals surface area contributed by atoms with Crippen molar-refractivity contribution >= 4 is 67.8 Å². The number of nitrogens with zero attached hydrogens (tertiary/aromatic N) is 2. The summed E-state index contributed by atoms with van der Waals surface area (Å²) in [7, 11) is 0. The Kier molecular flexibility index (Phi) is 5.08. The maximum absolute atomic E-state index is 6.17. The summed E-state index contributed by atoms with van der Waals surface area (Å²) < 4.78 is 0.905. The molecule has 0 amide bonds. The predicted octanol–water partition coefficient (Wildman–Crippen LogP) is 5.62. The number of halogens is 3. The van der Waals surface area contributed by atoms with Crippen molar-refractivity contribution in [2.45, 2.75) is 0 Å². The van der Waals surface area contributed by atoms with Gasteiger partial charge in [0.2, 0.25) is 0 Å². The lowest BCUT2D eigenvalue weighted by Gasteiger charge is -2.13. The summed E-state index contributed by atoms with van der Waals surface area (Å²) in [6.45, 7) is 0. The van der Waals surface area contributed by atoms with Gasteiger partial charge in [0.1, 0.15) is 12.0 Å². The quantitative estimate of drug-likeness (QED) is 0.507. The lowest BCUT2D eigenvalue weighted by Crippen LogP contribution is -2.05. The molecule has 0 radical (unpaired) electrons. The monoisotopic (exact) mass is 423 g/mol. The lowest BCUT2D eigenvalue weighted by atomic mass is 10.3. The normalized spacial score (nSPS) is 10.5. The number of rotatable bonds is 4. The summed E-state index contributed by atoms with van der Waals surface area (Å²) in [5.74, 6) is 0.970. The molecule has 0 aliphatic carbocycles. The zero-order valence-electron chi connectivity index (χ0n) is 12.2. The smallest absolute Gasteiger partial charge is 0.159 e. The molecule has 0 aliphatic heterocycles. The maximum Gasteiger partial charge on any atom is 0.159 e. The molecule has 0 saturated heterocycles. The summed E-state index contributed by atoms with van der Waals surface area (Å²) in [6, 6.07) is 12.9. The van der Waals surface area contributed by atoms with Crippen molar-refractivity contribution in [1.29, 1.82) is 0 Å². The van der Waals surface area contributed by atoms with E-state index in [4.69, 9.17) is 28.9 Å². The molecule has 1 heterocycles. The maximum atomic E-state index is 6.17. The van der Waals surface area contributed by atoms with E-state index in [2.05, 4.69) is 36.5 Å². The molecule has 24 heavy (non-hydrogen) atoms. The summed E-state index contributed by atoms with van der Waals surface area (Å²) in [5.41, 5.74) is 8.14. The summed E-state index contributed by atoms with van der Waals surface area (Å²) in [6.07, 6.45) is 1.43. The van der Waals surface area contributed by atoms with Crippen LogP contribution in [0, 0.1) is 0 Å². The molecule has 8 heteroatoms. The molecule has 122 valence electrons. The average Bonchev–Trinajstić information content (AvgIpc) is 2.57. The molecular weight excluding hydrogens is 413 g/mol. The second kappa shape index (κ2) is 7.25. The Morgan fingerprint density at radius 1 is 0.917 bits per heavy atom. The zero-order chi connectivity index (χ0) is 17.1. The molecule has 0 unspecified atom stereocenters. The van der Waals surface area contributed by atoms with Gasteiger partial charge in [-0.1, -0.05) is 35.3 Å². The first-order valence-electron chi connectivity index (χ1n) is 6.88. The molecule has 0 aliphatic rings. The van der Waals surface area contributed by atoms with Crippen LogP contribution in [-0.4, -0.2) is 9.97 Å². The van der Waals surface area contributed by atoms with Gasteiger partial charge in [0.05, 0.1) is 15.7 Å². The Bertz CT molecular complexity index is 888. The van der Waals surface area contributed by atoms with E-state index in [1.807, 2.05) is 24.3 Å². The van der Waals surface area contributed by atoms with Crippen LogP contribution in [0.25, 0.3) is 0 Å². The number of benzene rings is 2. The van der Waals surface area contributed by atoms with Crippen LogP contribution in [-0.2, 0) is 0 Å². The van der Waals surface area contributed by atoms with E-state index >= 15 is 0 Å². The minimum absolute atomic E-state index is 0.388. The number of nitrogens with two attached hydrogens (primary N) is 1. The van der Waals surface area contributed by atoms with Crippen LogP contribution in [0.5, 0.6) is 0 Å². The minimum atomic E-state index is 0.388. The zero-order valence-corrected chi connectivity index (χ0v) is 15.3. The van der Waals surface area contributed by atoms with Gasteiger partial charge in [0, 0.05) is 10.2 Å². The Morgan fingerprint density at radius 3 is 2.33 bits per heavy atom. The first-order valence-corrected chi connectivity index (χ1v) is 8.43. The third-order valence-electron chi connectivity index (χ3n) is 3.19. The first-order chi connectivity index (χ1) is 11.5. The summed E-state index contributed by atoms with van der Waals surface area (Å²) in [5, 5.41) is 7.21. The Morgan fingerprint density at radius 2 is 1.62 bits per heavy atom. The van der Waals surface area contributed by atoms with E-state index in [0.717, 1.165) is 15.8 Å². The molecule has 0 atom stereocenters. The van der Waals surface area contributed by atoms with E-state index < -0.39 is 0 Å². The van der Waals surface area contributed by atoms with Gasteiger partial charge in [-0.15, -0.1) is 0 Å². The molecule has 0 saturated carbocycles. The Labute approximate surface area is 157 Å². The molecule has 0 spiro atoms. The highest BCUT2D eigenvalue weighted by atomic mass is 79.9. The van der Waals surface area contributed by atoms with Crippen LogP contribution in [0.4, 0.5) is 28.7 Å². The third kappa shape index (κ3) is 3.72. The van der Waals surface area contributed by atoms with Gasteiger partial charge in [0.15, 0.2) is 11.6 Å². The highest BCUT2D eigenvalue weighted by Gasteiger charge is 2.10. The van der Waals surface area contributed by atoms with Crippen LogP contribution < -0.4 is 16.4 Å². The fourth-order valence-electron chi connectivity index (χ4n) is 2.00. The number of nitrogens with one attached hydrogen (secondary N) is 2. The van der Waals surface area contributed by atoms with E-state index in [0.29, 0.717) is 27.4 Å². The van der Waals surface area contributed by atoms with E-state index in [1.165, 1.54) is 6.33 Å². The molecular formula is C16H12BrCl2N5. The van der Waals surface area contributed by atoms with Crippen molar-refractivity contribution in [2.24, 2.45) is 0 Å². The molecule has 0 fully saturated rings. The molecule has 1 aromatic heterocycles. The number of anilines is 5. The van der Waals surface area contributed by atoms with Crippen molar-refractivity contribution in [3.05, 3.63) is 63.3 Å². The third-order valence-corrected chi connectivity index (χ3v) is 4.62. The van der Waals surface area contributed by atoms with Gasteiger partial charge in [0.25, 0.3) is 0 Å². The number of nitrogen functional groups attached to an aromatic ring is 1. The lowest BCUT2D eigenvalue weighted by molar-refractivity contribution is 1.17. The average molecular weight is 425 g/mol. The van der Waals surface area contributed by atoms with Crippen molar-refractivity contribution in [1.82, 2.24) is 9.97 Å². The van der Waals surface area contributed by atoms with Crippen LogP contribution in [0.1, 0.15) is 0 Å². The van der Waals surface area contributed by atoms with Crippen LogP contribution in [0.15, 0.2) is 53.3 Å². The first kappa shape index (κ1) is 16.8. The van der Waals surface area contributed by atoms with Gasteiger partial charge in [-0.3, -0.25) is 0 Å². The molecule has 3 aromatic rings. The van der Waals surface area contributed by atoms with E-state index in [9.17, 15) is 0 Å². The number of para-hydroxylation sites is 1. The van der Waals surface area contributed by atoms with Gasteiger partial charge < -0.3 is 16.4 Å². The highest BCUT2D eigenvalue weighted by Crippen LogP contribution is 2.32. The van der Waals surface area contributed by atoms with Crippen molar-refractivity contribution in [3.8, 4) is 0 Å². The van der Waals surface area contributed by atoms with Crippen molar-refractivity contribution in [3.63, 3.8) is 0 Å². The van der Waals surface area contributed by atoms with E-state index in [-0.39, 0.29) is 0 Å². The summed E-state index contributed by atoms with van der Waals surface area (Å²) >= 11 is 15.4. The van der Waals surface area contributed by atoms with Gasteiger partial charge >= 0.3 is 0 Å². The number of aromatic nitrogens is 2. The fraction of sp³-hybridized carbons (Fsp3) is 0. The van der Waals surface area contributed by atoms with Crippen molar-refractivity contribution < 1.29 is 0 Å². The van der Waals surface area contributed by atoms with Gasteiger partial charge in [-0.25, -0.2) is 9.97 Å². The second-order valence-electron chi connectivity index (χ2n) is 4.84. The predicted molar refractivity (Wildman–Crippen MR) is 104 cm³/mol.